The highest BCUT2D eigenvalue weighted by atomic mass is 16.7. The summed E-state index contributed by atoms with van der Waals surface area (Å²) in [7, 11) is 6.45. The molecule has 86 valence electrons. The molecule has 1 aliphatic heterocycles. The Kier molecular flexibility index (Phi) is 3.65. The van der Waals surface area contributed by atoms with Gasteiger partial charge in [-0.15, -0.1) is 0 Å². The molecule has 0 aliphatic carbocycles. The number of hydrogen-bond acceptors (Lipinski definition) is 4. The van der Waals surface area contributed by atoms with Crippen LogP contribution in [0, 0.1) is 0 Å². The third-order valence-corrected chi connectivity index (χ3v) is 2.14. The summed E-state index contributed by atoms with van der Waals surface area (Å²) in [5.41, 5.74) is 0. The molecule has 6 heteroatoms. The highest BCUT2D eigenvalue weighted by molar-refractivity contribution is 5.91. The maximum Gasteiger partial charge on any atom is 0.254 e. The minimum Gasteiger partial charge on any atom is -0.346 e. The second kappa shape index (κ2) is 4.59. The average Bonchev–Trinajstić information content (AvgIpc) is 2.63. The largest absolute Gasteiger partial charge is 0.346 e. The van der Waals surface area contributed by atoms with Gasteiger partial charge in [0.25, 0.3) is 11.8 Å². The van der Waals surface area contributed by atoms with Gasteiger partial charge in [-0.2, -0.15) is 0 Å². The molecule has 0 aromatic carbocycles. The van der Waals surface area contributed by atoms with Crippen molar-refractivity contribution in [3.63, 3.8) is 0 Å². The van der Waals surface area contributed by atoms with Crippen molar-refractivity contribution in [3.05, 3.63) is 0 Å². The Labute approximate surface area is 88.7 Å². The summed E-state index contributed by atoms with van der Waals surface area (Å²) in [4.78, 5) is 26.0. The number of nitrogens with zero attached hydrogens (tertiary/aromatic N) is 2. The van der Waals surface area contributed by atoms with E-state index in [0.717, 1.165) is 0 Å². The van der Waals surface area contributed by atoms with E-state index in [2.05, 4.69) is 0 Å². The summed E-state index contributed by atoms with van der Waals surface area (Å²) in [5, 5.41) is 0. The van der Waals surface area contributed by atoms with Gasteiger partial charge in [-0.3, -0.25) is 9.59 Å². The van der Waals surface area contributed by atoms with Gasteiger partial charge in [-0.25, -0.2) is 0 Å². The molecule has 1 rings (SSSR count). The molecule has 1 heterocycles. The number of ether oxygens (including phenoxy) is 2. The van der Waals surface area contributed by atoms with Crippen molar-refractivity contribution in [1.82, 2.24) is 9.80 Å². The van der Waals surface area contributed by atoms with Crippen molar-refractivity contribution >= 4 is 11.8 Å². The van der Waals surface area contributed by atoms with Gasteiger partial charge in [-0.1, -0.05) is 0 Å². The predicted octanol–water partition coefficient (Wildman–Crippen LogP) is -1.10. The number of likely N-dealkylation sites (N-methyl/N-ethyl adjacent to an activating group) is 2. The summed E-state index contributed by atoms with van der Waals surface area (Å²) in [6.07, 6.45) is -1.65. The Morgan fingerprint density at radius 3 is 1.53 bits per heavy atom. The molecule has 2 unspecified atom stereocenters. The van der Waals surface area contributed by atoms with Gasteiger partial charge in [0, 0.05) is 28.2 Å². The van der Waals surface area contributed by atoms with Crippen LogP contribution in [0.2, 0.25) is 0 Å². The molecule has 1 aliphatic rings. The van der Waals surface area contributed by atoms with Gasteiger partial charge in [0.1, 0.15) is 6.79 Å². The van der Waals surface area contributed by atoms with E-state index in [9.17, 15) is 9.59 Å². The molecule has 0 saturated carbocycles. The smallest absolute Gasteiger partial charge is 0.254 e. The fraction of sp³-hybridized carbons (Fsp3) is 0.778. The van der Waals surface area contributed by atoms with Gasteiger partial charge in [0.05, 0.1) is 0 Å². The van der Waals surface area contributed by atoms with Crippen LogP contribution in [0.15, 0.2) is 0 Å². The Hall–Kier alpha value is -1.14. The van der Waals surface area contributed by atoms with Crippen LogP contribution in [-0.4, -0.2) is 68.8 Å². The Balaban J connectivity index is 2.73. The first-order valence-electron chi connectivity index (χ1n) is 4.60. The fourth-order valence-electron chi connectivity index (χ4n) is 1.27. The van der Waals surface area contributed by atoms with Crippen LogP contribution in [0.1, 0.15) is 0 Å². The first kappa shape index (κ1) is 11.9. The average molecular weight is 216 g/mol. The van der Waals surface area contributed by atoms with Crippen molar-refractivity contribution in [2.24, 2.45) is 0 Å². The Bertz CT molecular complexity index is 239. The first-order valence-corrected chi connectivity index (χ1v) is 4.60. The van der Waals surface area contributed by atoms with Gasteiger partial charge in [0.15, 0.2) is 12.2 Å². The lowest BCUT2D eigenvalue weighted by Gasteiger charge is -2.21. The predicted molar refractivity (Wildman–Crippen MR) is 52.0 cm³/mol. The highest BCUT2D eigenvalue weighted by Gasteiger charge is 2.41. The molecular weight excluding hydrogens is 200 g/mol. The second-order valence-corrected chi connectivity index (χ2v) is 3.76. The zero-order chi connectivity index (χ0) is 11.6. The molecule has 2 atom stereocenters. The third kappa shape index (κ3) is 2.45. The number of hydrogen-bond donors (Lipinski definition) is 0. The first-order chi connectivity index (χ1) is 6.95. The maximum absolute atomic E-state index is 11.6. The lowest BCUT2D eigenvalue weighted by Crippen LogP contribution is -2.47. The van der Waals surface area contributed by atoms with E-state index >= 15 is 0 Å². The maximum atomic E-state index is 11.6. The topological polar surface area (TPSA) is 59.1 Å². The molecule has 15 heavy (non-hydrogen) atoms. The Morgan fingerprint density at radius 2 is 1.27 bits per heavy atom. The van der Waals surface area contributed by atoms with Crippen LogP contribution >= 0.6 is 0 Å². The minimum atomic E-state index is -0.824. The summed E-state index contributed by atoms with van der Waals surface area (Å²) in [5.74, 6) is -0.514. The van der Waals surface area contributed by atoms with Crippen LogP contribution in [-0.2, 0) is 19.1 Å². The zero-order valence-corrected chi connectivity index (χ0v) is 9.39. The van der Waals surface area contributed by atoms with Crippen LogP contribution in [0.3, 0.4) is 0 Å². The molecule has 0 radical (unpaired) electrons. The molecule has 0 spiro atoms. The molecule has 0 aromatic heterocycles. The van der Waals surface area contributed by atoms with Gasteiger partial charge < -0.3 is 19.3 Å². The summed E-state index contributed by atoms with van der Waals surface area (Å²) in [6, 6.07) is 0. The van der Waals surface area contributed by atoms with E-state index in [1.54, 1.807) is 28.2 Å². The van der Waals surface area contributed by atoms with Crippen molar-refractivity contribution in [1.29, 1.82) is 0 Å². The molecular formula is C9H16N2O4. The van der Waals surface area contributed by atoms with Gasteiger partial charge in [-0.05, 0) is 0 Å². The molecule has 1 saturated heterocycles. The van der Waals surface area contributed by atoms with Crippen LogP contribution in [0.4, 0.5) is 0 Å². The van der Waals surface area contributed by atoms with E-state index in [4.69, 9.17) is 9.47 Å². The highest BCUT2D eigenvalue weighted by Crippen LogP contribution is 2.16. The summed E-state index contributed by atoms with van der Waals surface area (Å²) < 4.78 is 10.2. The van der Waals surface area contributed by atoms with Gasteiger partial charge >= 0.3 is 0 Å². The van der Waals surface area contributed by atoms with Crippen molar-refractivity contribution in [2.75, 3.05) is 35.0 Å². The number of amides is 2. The van der Waals surface area contributed by atoms with E-state index < -0.39 is 12.2 Å². The third-order valence-electron chi connectivity index (χ3n) is 2.14. The van der Waals surface area contributed by atoms with E-state index in [1.165, 1.54) is 9.80 Å². The quantitative estimate of drug-likeness (QED) is 0.588. The van der Waals surface area contributed by atoms with Crippen molar-refractivity contribution in [2.45, 2.75) is 12.2 Å². The lowest BCUT2D eigenvalue weighted by molar-refractivity contribution is -0.146. The molecule has 0 aromatic rings. The lowest BCUT2D eigenvalue weighted by atomic mass is 10.1. The van der Waals surface area contributed by atoms with Crippen molar-refractivity contribution in [3.8, 4) is 0 Å². The van der Waals surface area contributed by atoms with E-state index in [1.807, 2.05) is 0 Å². The van der Waals surface area contributed by atoms with Crippen LogP contribution < -0.4 is 0 Å². The molecule has 6 nitrogen and oxygen atoms in total. The monoisotopic (exact) mass is 216 g/mol. The van der Waals surface area contributed by atoms with E-state index in [-0.39, 0.29) is 18.6 Å². The SMILES string of the molecule is CN(C)C(=O)C1OCOC1C(=O)N(C)C. The number of rotatable bonds is 2. The molecule has 2 amide bonds. The van der Waals surface area contributed by atoms with E-state index in [0.29, 0.717) is 0 Å². The molecule has 0 bridgehead atoms. The number of carbonyl (C=O) groups is 2. The van der Waals surface area contributed by atoms with Gasteiger partial charge in [0.2, 0.25) is 0 Å². The normalized spacial score (nSPS) is 25.1. The minimum absolute atomic E-state index is 0.0194. The molecule has 1 fully saturated rings. The Morgan fingerprint density at radius 1 is 0.933 bits per heavy atom. The zero-order valence-electron chi connectivity index (χ0n) is 9.39. The summed E-state index contributed by atoms with van der Waals surface area (Å²) in [6.45, 7) is -0.0194. The van der Waals surface area contributed by atoms with Crippen LogP contribution in [0.5, 0.6) is 0 Å². The molecule has 0 N–H and O–H groups in total. The fourth-order valence-corrected chi connectivity index (χ4v) is 1.27. The van der Waals surface area contributed by atoms with Crippen LogP contribution in [0.25, 0.3) is 0 Å². The standard InChI is InChI=1S/C9H16N2O4/c1-10(2)8(12)6-7(15-5-14-6)9(13)11(3)4/h6-7H,5H2,1-4H3. The number of carbonyl (C=O) groups excluding carboxylic acids is 2. The second-order valence-electron chi connectivity index (χ2n) is 3.76. The van der Waals surface area contributed by atoms with Crippen molar-refractivity contribution < 1.29 is 19.1 Å². The summed E-state index contributed by atoms with van der Waals surface area (Å²) >= 11 is 0.